The number of carbonyl (C=O) groups is 2. The first-order valence-electron chi connectivity index (χ1n) is 15.5. The van der Waals surface area contributed by atoms with E-state index in [0.717, 1.165) is 50.5 Å². The molecule has 1 saturated carbocycles. The summed E-state index contributed by atoms with van der Waals surface area (Å²) in [6.45, 7) is 9.05. The Kier molecular flexibility index (Phi) is 9.75. The van der Waals surface area contributed by atoms with Gasteiger partial charge in [0.1, 0.15) is 11.4 Å². The Morgan fingerprint density at radius 1 is 1.11 bits per heavy atom. The zero-order valence-corrected chi connectivity index (χ0v) is 27.4. The smallest absolute Gasteiger partial charge is 0.275 e. The van der Waals surface area contributed by atoms with Crippen molar-refractivity contribution < 1.29 is 9.59 Å². The summed E-state index contributed by atoms with van der Waals surface area (Å²) in [6, 6.07) is 12.6. The van der Waals surface area contributed by atoms with Gasteiger partial charge in [-0.05, 0) is 85.8 Å². The van der Waals surface area contributed by atoms with E-state index in [1.807, 2.05) is 24.3 Å². The van der Waals surface area contributed by atoms with Crippen molar-refractivity contribution in [3.05, 3.63) is 75.0 Å². The number of hydrogen-bond donors (Lipinski definition) is 2. The zero-order chi connectivity index (χ0) is 31.5. The maximum atomic E-state index is 14.5. The Balaban J connectivity index is 1.49. The second kappa shape index (κ2) is 13.4. The molecule has 11 heteroatoms. The summed E-state index contributed by atoms with van der Waals surface area (Å²) in [5.74, 6) is 0.707. The summed E-state index contributed by atoms with van der Waals surface area (Å²) in [6.07, 6.45) is 7.67. The number of aromatic amines is 1. The number of nitrogens with one attached hydrogen (secondary N) is 2. The van der Waals surface area contributed by atoms with Crippen LogP contribution in [0.15, 0.2) is 47.5 Å². The molecule has 2 aromatic carbocycles. The lowest BCUT2D eigenvalue weighted by atomic mass is 9.78. The molecule has 5 rings (SSSR count). The topological polar surface area (TPSA) is 116 Å². The van der Waals surface area contributed by atoms with Gasteiger partial charge in [-0.15, -0.1) is 10.2 Å². The van der Waals surface area contributed by atoms with Gasteiger partial charge in [0.05, 0.1) is 12.6 Å². The number of amides is 2. The SMILES string of the molecule is CCCC1CCC2(CC1)N=C(c1cc(Cl)cc(Cl)c1)C(=O)N2[C@H](CCC(C)(C)C)c1ccc(C(=O)NCc2nn[nH]n2)cc1. The molecule has 1 aromatic heterocycles. The average Bonchev–Trinajstić information content (AvgIpc) is 3.59. The van der Waals surface area contributed by atoms with Crippen LogP contribution in [0.2, 0.25) is 10.0 Å². The van der Waals surface area contributed by atoms with E-state index in [1.54, 1.807) is 18.2 Å². The molecule has 1 atom stereocenters. The Bertz CT molecular complexity index is 1470. The van der Waals surface area contributed by atoms with Crippen LogP contribution in [0.5, 0.6) is 0 Å². The second-order valence-electron chi connectivity index (χ2n) is 13.3. The first-order chi connectivity index (χ1) is 21.0. The molecule has 1 spiro atoms. The van der Waals surface area contributed by atoms with Gasteiger partial charge in [0.15, 0.2) is 5.82 Å². The van der Waals surface area contributed by atoms with Crippen LogP contribution >= 0.6 is 23.2 Å². The fraction of sp³-hybridized carbons (Fsp3) is 0.515. The maximum Gasteiger partial charge on any atom is 0.275 e. The summed E-state index contributed by atoms with van der Waals surface area (Å²) in [7, 11) is 0. The highest BCUT2D eigenvalue weighted by Gasteiger charge is 2.51. The van der Waals surface area contributed by atoms with Gasteiger partial charge in [-0.1, -0.05) is 81.1 Å². The summed E-state index contributed by atoms with van der Waals surface area (Å²) < 4.78 is 0. The quantitative estimate of drug-likeness (QED) is 0.241. The van der Waals surface area contributed by atoms with Crippen LogP contribution < -0.4 is 5.32 Å². The molecular formula is C33H41Cl2N7O2. The number of H-pyrrole nitrogens is 1. The predicted molar refractivity (Wildman–Crippen MR) is 173 cm³/mol. The number of rotatable bonds is 10. The van der Waals surface area contributed by atoms with E-state index in [4.69, 9.17) is 28.2 Å². The van der Waals surface area contributed by atoms with E-state index in [9.17, 15) is 9.59 Å². The van der Waals surface area contributed by atoms with Gasteiger partial charge < -0.3 is 10.2 Å². The Morgan fingerprint density at radius 3 is 2.39 bits per heavy atom. The largest absolute Gasteiger partial charge is 0.345 e. The monoisotopic (exact) mass is 637 g/mol. The van der Waals surface area contributed by atoms with Gasteiger partial charge in [0.25, 0.3) is 11.8 Å². The van der Waals surface area contributed by atoms with Gasteiger partial charge in [-0.2, -0.15) is 5.21 Å². The molecule has 44 heavy (non-hydrogen) atoms. The van der Waals surface area contributed by atoms with Crippen LogP contribution in [0, 0.1) is 11.3 Å². The van der Waals surface area contributed by atoms with E-state index in [1.165, 1.54) is 6.42 Å². The summed E-state index contributed by atoms with van der Waals surface area (Å²) in [5.41, 5.74) is 1.98. The molecule has 1 fully saturated rings. The van der Waals surface area contributed by atoms with E-state index in [0.29, 0.717) is 38.6 Å². The first-order valence-corrected chi connectivity index (χ1v) is 16.2. The number of hydrogen-bond acceptors (Lipinski definition) is 6. The van der Waals surface area contributed by atoms with Crippen molar-refractivity contribution in [2.75, 3.05) is 0 Å². The van der Waals surface area contributed by atoms with Crippen molar-refractivity contribution in [2.45, 2.75) is 97.3 Å². The lowest BCUT2D eigenvalue weighted by Gasteiger charge is -2.46. The van der Waals surface area contributed by atoms with Gasteiger partial charge in [-0.3, -0.25) is 14.6 Å². The van der Waals surface area contributed by atoms with Gasteiger partial charge in [0, 0.05) is 21.2 Å². The van der Waals surface area contributed by atoms with E-state index in [-0.39, 0.29) is 29.8 Å². The minimum Gasteiger partial charge on any atom is -0.345 e. The van der Waals surface area contributed by atoms with Crippen LogP contribution in [0.25, 0.3) is 0 Å². The first kappa shape index (κ1) is 32.1. The molecule has 234 valence electrons. The highest BCUT2D eigenvalue weighted by Crippen LogP contribution is 2.48. The molecule has 1 aliphatic heterocycles. The summed E-state index contributed by atoms with van der Waals surface area (Å²) >= 11 is 12.8. The fourth-order valence-electron chi connectivity index (χ4n) is 6.50. The number of aliphatic imine (C=N–C) groups is 1. The molecule has 0 bridgehead atoms. The molecule has 3 aromatic rings. The summed E-state index contributed by atoms with van der Waals surface area (Å²) in [4.78, 5) is 34.7. The third-order valence-electron chi connectivity index (χ3n) is 8.76. The van der Waals surface area contributed by atoms with Crippen molar-refractivity contribution in [3.63, 3.8) is 0 Å². The lowest BCUT2D eigenvalue weighted by molar-refractivity contribution is -0.133. The molecule has 1 aliphatic carbocycles. The minimum atomic E-state index is -0.644. The fourth-order valence-corrected chi connectivity index (χ4v) is 7.03. The minimum absolute atomic E-state index is 0.0616. The number of tetrazole rings is 1. The van der Waals surface area contributed by atoms with E-state index < -0.39 is 5.66 Å². The number of carbonyl (C=O) groups excluding carboxylic acids is 2. The molecule has 0 radical (unpaired) electrons. The molecule has 2 N–H and O–H groups in total. The van der Waals surface area contributed by atoms with Crippen LogP contribution in [0.4, 0.5) is 0 Å². The number of benzene rings is 2. The average molecular weight is 639 g/mol. The van der Waals surface area contributed by atoms with Crippen molar-refractivity contribution in [1.82, 2.24) is 30.8 Å². The highest BCUT2D eigenvalue weighted by atomic mass is 35.5. The third-order valence-corrected chi connectivity index (χ3v) is 9.20. The van der Waals surface area contributed by atoms with Crippen molar-refractivity contribution >= 4 is 40.7 Å². The lowest BCUT2D eigenvalue weighted by Crippen LogP contribution is -2.51. The molecule has 0 saturated heterocycles. The van der Waals surface area contributed by atoms with Crippen LogP contribution in [-0.2, 0) is 11.3 Å². The van der Waals surface area contributed by atoms with Gasteiger partial charge >= 0.3 is 0 Å². The van der Waals surface area contributed by atoms with E-state index in [2.05, 4.69) is 58.5 Å². The van der Waals surface area contributed by atoms with Gasteiger partial charge in [-0.25, -0.2) is 0 Å². The van der Waals surface area contributed by atoms with Crippen molar-refractivity contribution in [1.29, 1.82) is 0 Å². The normalized spacial score (nSPS) is 21.0. The molecule has 2 heterocycles. The Morgan fingerprint density at radius 2 is 1.80 bits per heavy atom. The third kappa shape index (κ3) is 7.32. The standard InChI is InChI=1S/C33H41Cl2N7O2/c1-5-6-21-11-15-33(16-12-21)37-29(24-17-25(34)19-26(35)18-24)31(44)42(33)27(13-14-32(2,3)4)22-7-9-23(10-8-22)30(43)36-20-28-38-40-41-39-28/h7-10,17-19,21,27H,5-6,11-16,20H2,1-4H3,(H,36,43)(H,38,39,40,41)/t21?,27-,33?/m1/s1. The Hall–Kier alpha value is -3.30. The molecular weight excluding hydrogens is 597 g/mol. The Labute approximate surface area is 269 Å². The molecule has 0 unspecified atom stereocenters. The summed E-state index contributed by atoms with van der Waals surface area (Å²) in [5, 5.41) is 17.4. The zero-order valence-electron chi connectivity index (χ0n) is 25.9. The molecule has 9 nitrogen and oxygen atoms in total. The predicted octanol–water partition coefficient (Wildman–Crippen LogP) is 7.32. The molecule has 2 amide bonds. The highest BCUT2D eigenvalue weighted by molar-refractivity contribution is 6.47. The number of halogens is 2. The van der Waals surface area contributed by atoms with Crippen molar-refractivity contribution in [3.8, 4) is 0 Å². The second-order valence-corrected chi connectivity index (χ2v) is 14.1. The number of nitrogens with zero attached hydrogens (tertiary/aromatic N) is 5. The molecule has 2 aliphatic rings. The van der Waals surface area contributed by atoms with E-state index >= 15 is 0 Å². The van der Waals surface area contributed by atoms with Gasteiger partial charge in [0.2, 0.25) is 0 Å². The van der Waals surface area contributed by atoms with Crippen LogP contribution in [-0.4, -0.2) is 48.7 Å². The maximum absolute atomic E-state index is 14.5. The van der Waals surface area contributed by atoms with Crippen molar-refractivity contribution in [2.24, 2.45) is 16.3 Å². The van der Waals surface area contributed by atoms with Crippen LogP contribution in [0.3, 0.4) is 0 Å². The number of aromatic nitrogens is 4. The van der Waals surface area contributed by atoms with Crippen LogP contribution in [0.1, 0.15) is 112 Å².